The molecule has 4 heterocycles. The zero-order chi connectivity index (χ0) is 34.0. The molecule has 1 aromatic heterocycles. The molecule has 2 N–H and O–H groups in total. The topological polar surface area (TPSA) is 158 Å². The Labute approximate surface area is 270 Å². The van der Waals surface area contributed by atoms with E-state index < -0.39 is 52.9 Å². The predicted octanol–water partition coefficient (Wildman–Crippen LogP) is 2.79. The molecule has 2 aromatic carbocycles. The van der Waals surface area contributed by atoms with Crippen molar-refractivity contribution < 1.29 is 37.1 Å². The number of rotatable bonds is 5. The monoisotopic (exact) mass is 655 g/mol. The SMILES string of the molecule is N#Cc1cc(C(F)(F)F)ccc1NC(=O)C1(n2cc(C#CC3CN(c4ccc5c(c4)C(=O)N(C4CCC(=O)NC4=O)C5=O)C3)cn2)CC1. The Bertz CT molecular complexity index is 2040. The van der Waals surface area contributed by atoms with Crippen molar-refractivity contribution >= 4 is 40.9 Å². The summed E-state index contributed by atoms with van der Waals surface area (Å²) in [5.74, 6) is 3.47. The second kappa shape index (κ2) is 11.1. The van der Waals surface area contributed by atoms with Crippen molar-refractivity contribution in [3.63, 3.8) is 0 Å². The maximum Gasteiger partial charge on any atom is 0.416 e. The molecule has 1 atom stereocenters. The molecule has 1 saturated carbocycles. The van der Waals surface area contributed by atoms with E-state index in [4.69, 9.17) is 0 Å². The van der Waals surface area contributed by atoms with E-state index in [1.54, 1.807) is 30.5 Å². The second-order valence-electron chi connectivity index (χ2n) is 12.1. The number of carbonyl (C=O) groups is 5. The number of amides is 5. The highest BCUT2D eigenvalue weighted by molar-refractivity contribution is 6.23. The number of anilines is 2. The highest BCUT2D eigenvalue weighted by atomic mass is 19.4. The van der Waals surface area contributed by atoms with Gasteiger partial charge in [0.1, 0.15) is 17.6 Å². The van der Waals surface area contributed by atoms with Crippen molar-refractivity contribution in [2.24, 2.45) is 5.92 Å². The standard InChI is InChI=1S/C33H24F3N7O5/c34-33(35,36)21-3-6-25(20(11-21)13-37)39-31(48)32(9-10-32)42-17-18(14-38-42)1-2-19-15-41(16-19)22-4-5-23-24(12-22)30(47)43(29(23)46)26-7-8-27(44)40-28(26)45/h3-6,11-12,14,17,19,26H,7-10,15-16H2,(H,39,48)(H,40,44,45). The summed E-state index contributed by atoms with van der Waals surface area (Å²) in [6.45, 7) is 1.11. The largest absolute Gasteiger partial charge is 0.416 e. The molecule has 1 unspecified atom stereocenters. The number of halogens is 3. The number of imide groups is 2. The van der Waals surface area contributed by atoms with Gasteiger partial charge < -0.3 is 10.2 Å². The molecule has 7 rings (SSSR count). The van der Waals surface area contributed by atoms with E-state index >= 15 is 0 Å². The van der Waals surface area contributed by atoms with Crippen LogP contribution in [-0.4, -0.2) is 63.3 Å². The summed E-state index contributed by atoms with van der Waals surface area (Å²) in [6, 6.07) is 8.15. The number of carbonyl (C=O) groups excluding carboxylic acids is 5. The van der Waals surface area contributed by atoms with E-state index in [9.17, 15) is 42.4 Å². The second-order valence-corrected chi connectivity index (χ2v) is 12.1. The summed E-state index contributed by atoms with van der Waals surface area (Å²) in [5, 5.41) is 18.4. The van der Waals surface area contributed by atoms with Gasteiger partial charge in [-0.1, -0.05) is 11.8 Å². The number of fused-ring (bicyclic) bond motifs is 1. The Kier molecular flexibility index (Phi) is 7.09. The lowest BCUT2D eigenvalue weighted by molar-refractivity contribution is -0.138. The highest BCUT2D eigenvalue weighted by Gasteiger charge is 2.53. The number of nitrogens with zero attached hydrogens (tertiary/aromatic N) is 5. The molecule has 3 fully saturated rings. The Morgan fingerprint density at radius 3 is 2.48 bits per heavy atom. The summed E-state index contributed by atoms with van der Waals surface area (Å²) < 4.78 is 40.6. The smallest absolute Gasteiger partial charge is 0.369 e. The van der Waals surface area contributed by atoms with Crippen LogP contribution in [0.4, 0.5) is 24.5 Å². The third kappa shape index (κ3) is 5.23. The minimum absolute atomic E-state index is 0.0128. The van der Waals surface area contributed by atoms with Crippen LogP contribution in [0.2, 0.25) is 0 Å². The normalized spacial score (nSPS) is 19.9. The number of aromatic nitrogens is 2. The van der Waals surface area contributed by atoms with Gasteiger partial charge in [-0.25, -0.2) is 0 Å². The third-order valence-corrected chi connectivity index (χ3v) is 8.97. The molecule has 12 nitrogen and oxygen atoms in total. The number of piperidine rings is 1. The lowest BCUT2D eigenvalue weighted by Crippen LogP contribution is -2.54. The summed E-state index contributed by atoms with van der Waals surface area (Å²) in [5.41, 5.74) is -0.656. The third-order valence-electron chi connectivity index (χ3n) is 8.97. The quantitative estimate of drug-likeness (QED) is 0.314. The summed E-state index contributed by atoms with van der Waals surface area (Å²) in [6.07, 6.45) is -0.449. The van der Waals surface area contributed by atoms with Crippen LogP contribution in [-0.2, 0) is 26.1 Å². The van der Waals surface area contributed by atoms with Crippen LogP contribution in [0.15, 0.2) is 48.8 Å². The van der Waals surface area contributed by atoms with Crippen LogP contribution in [0.5, 0.6) is 0 Å². The molecule has 3 aromatic rings. The first-order valence-electron chi connectivity index (χ1n) is 15.0. The molecule has 0 spiro atoms. The maximum absolute atomic E-state index is 13.2. The van der Waals surface area contributed by atoms with Crippen molar-refractivity contribution in [3.8, 4) is 17.9 Å². The molecule has 0 bridgehead atoms. The summed E-state index contributed by atoms with van der Waals surface area (Å²) in [4.78, 5) is 66.0. The van der Waals surface area contributed by atoms with Crippen molar-refractivity contribution in [3.05, 3.63) is 76.6 Å². The molecule has 3 aliphatic heterocycles. The molecular formula is C33H24F3N7O5. The zero-order valence-electron chi connectivity index (χ0n) is 24.9. The lowest BCUT2D eigenvalue weighted by Gasteiger charge is -2.38. The van der Waals surface area contributed by atoms with Crippen molar-refractivity contribution in [1.82, 2.24) is 20.0 Å². The van der Waals surface area contributed by atoms with Crippen molar-refractivity contribution in [2.75, 3.05) is 23.3 Å². The molecule has 2 saturated heterocycles. The summed E-state index contributed by atoms with van der Waals surface area (Å²) >= 11 is 0. The number of nitriles is 1. The van der Waals surface area contributed by atoms with Gasteiger partial charge >= 0.3 is 6.18 Å². The zero-order valence-corrected chi connectivity index (χ0v) is 24.9. The fourth-order valence-corrected chi connectivity index (χ4v) is 6.08. The lowest BCUT2D eigenvalue weighted by atomic mass is 9.98. The highest BCUT2D eigenvalue weighted by Crippen LogP contribution is 2.44. The van der Waals surface area contributed by atoms with Gasteiger partial charge in [-0.3, -0.25) is 38.9 Å². The van der Waals surface area contributed by atoms with Gasteiger partial charge in [0.15, 0.2) is 0 Å². The van der Waals surface area contributed by atoms with Gasteiger partial charge in [-0.05, 0) is 55.7 Å². The summed E-state index contributed by atoms with van der Waals surface area (Å²) in [7, 11) is 0. The Morgan fingerprint density at radius 1 is 1.04 bits per heavy atom. The number of hydrogen-bond donors (Lipinski definition) is 2. The van der Waals surface area contributed by atoms with E-state index in [-0.39, 0.29) is 41.1 Å². The van der Waals surface area contributed by atoms with Crippen LogP contribution in [0.25, 0.3) is 0 Å². The first-order valence-corrected chi connectivity index (χ1v) is 15.0. The average molecular weight is 656 g/mol. The average Bonchev–Trinajstić information content (AvgIpc) is 3.64. The van der Waals surface area contributed by atoms with E-state index in [2.05, 4.69) is 27.6 Å². The molecular weight excluding hydrogens is 631 g/mol. The fraction of sp³-hybridized carbons (Fsp3) is 0.303. The van der Waals surface area contributed by atoms with Gasteiger partial charge in [-0.2, -0.15) is 23.5 Å². The van der Waals surface area contributed by atoms with E-state index in [1.807, 2.05) is 4.90 Å². The predicted molar refractivity (Wildman–Crippen MR) is 160 cm³/mol. The van der Waals surface area contributed by atoms with Gasteiger partial charge in [-0.15, -0.1) is 0 Å². The van der Waals surface area contributed by atoms with E-state index in [0.717, 1.165) is 22.7 Å². The molecule has 48 heavy (non-hydrogen) atoms. The number of alkyl halides is 3. The fourth-order valence-electron chi connectivity index (χ4n) is 6.08. The van der Waals surface area contributed by atoms with Crippen LogP contribution < -0.4 is 15.5 Å². The van der Waals surface area contributed by atoms with Crippen molar-refractivity contribution in [1.29, 1.82) is 5.26 Å². The van der Waals surface area contributed by atoms with Gasteiger partial charge in [0.25, 0.3) is 17.7 Å². The van der Waals surface area contributed by atoms with Crippen molar-refractivity contribution in [2.45, 2.75) is 43.4 Å². The molecule has 1 aliphatic carbocycles. The maximum atomic E-state index is 13.2. The van der Waals surface area contributed by atoms with Crippen LogP contribution >= 0.6 is 0 Å². The van der Waals surface area contributed by atoms with E-state index in [0.29, 0.717) is 37.6 Å². The van der Waals surface area contributed by atoms with Gasteiger partial charge in [0, 0.05) is 31.4 Å². The number of benzene rings is 2. The van der Waals surface area contributed by atoms with Gasteiger partial charge in [0.05, 0.1) is 45.6 Å². The minimum Gasteiger partial charge on any atom is -0.369 e. The molecule has 4 aliphatic rings. The van der Waals surface area contributed by atoms with Gasteiger partial charge in [0.2, 0.25) is 11.8 Å². The Morgan fingerprint density at radius 2 is 1.79 bits per heavy atom. The minimum atomic E-state index is -4.62. The molecule has 242 valence electrons. The van der Waals surface area contributed by atoms with Crippen LogP contribution in [0.3, 0.4) is 0 Å². The molecule has 0 radical (unpaired) electrons. The van der Waals surface area contributed by atoms with Crippen LogP contribution in [0.1, 0.15) is 63.1 Å². The number of nitrogens with one attached hydrogen (secondary N) is 2. The first-order chi connectivity index (χ1) is 22.9. The van der Waals surface area contributed by atoms with Crippen LogP contribution in [0, 0.1) is 29.1 Å². The Hall–Kier alpha value is -5.96. The molecule has 15 heteroatoms. The van der Waals surface area contributed by atoms with E-state index in [1.165, 1.54) is 10.9 Å². The first kappa shape index (κ1) is 30.7. The Balaban J connectivity index is 0.977. The number of hydrogen-bond acceptors (Lipinski definition) is 8. The molecule has 5 amide bonds.